The Bertz CT molecular complexity index is 603. The van der Waals surface area contributed by atoms with Gasteiger partial charge in [0.05, 0.1) is 27.3 Å². The number of hydrogen-bond donors (Lipinski definition) is 1. The molecule has 2 rings (SSSR count). The molecule has 0 saturated carbocycles. The fourth-order valence-corrected chi connectivity index (χ4v) is 2.60. The third-order valence-electron chi connectivity index (χ3n) is 2.33. The summed E-state index contributed by atoms with van der Waals surface area (Å²) < 4.78 is 4.85. The Kier molecular flexibility index (Phi) is 3.52. The van der Waals surface area contributed by atoms with E-state index in [0.717, 1.165) is 16.1 Å². The Balaban J connectivity index is 2.57. The predicted octanol–water partition coefficient (Wildman–Crippen LogP) is 2.64. The molecule has 0 aliphatic carbocycles. The van der Waals surface area contributed by atoms with E-state index in [2.05, 4.69) is 25.3 Å². The maximum Gasteiger partial charge on any atom is 0.155 e. The number of halogens is 1. The molecule has 0 aliphatic rings. The summed E-state index contributed by atoms with van der Waals surface area (Å²) in [6, 6.07) is 5.59. The smallest absolute Gasteiger partial charge is 0.155 e. The summed E-state index contributed by atoms with van der Waals surface area (Å²) in [5.74, 6) is 0. The lowest BCUT2D eigenvalue weighted by Gasteiger charge is -2.02. The van der Waals surface area contributed by atoms with Crippen molar-refractivity contribution in [3.05, 3.63) is 33.6 Å². The Morgan fingerprint density at radius 2 is 2.29 bits per heavy atom. The average molecular weight is 310 g/mol. The molecule has 17 heavy (non-hydrogen) atoms. The van der Waals surface area contributed by atoms with Gasteiger partial charge in [0.2, 0.25) is 0 Å². The number of aliphatic hydroxyl groups is 1. The summed E-state index contributed by atoms with van der Waals surface area (Å²) in [5, 5.41) is 18.2. The van der Waals surface area contributed by atoms with Crippen LogP contribution < -0.4 is 0 Å². The number of rotatable bonds is 2. The van der Waals surface area contributed by atoms with E-state index in [0.29, 0.717) is 15.9 Å². The highest BCUT2D eigenvalue weighted by atomic mass is 79.9. The van der Waals surface area contributed by atoms with Crippen LogP contribution in [0.25, 0.3) is 10.6 Å². The first kappa shape index (κ1) is 12.2. The second-order valence-electron chi connectivity index (χ2n) is 3.37. The van der Waals surface area contributed by atoms with E-state index in [4.69, 9.17) is 5.26 Å². The van der Waals surface area contributed by atoms with Gasteiger partial charge in [-0.3, -0.25) is 0 Å². The van der Waals surface area contributed by atoms with Crippen molar-refractivity contribution in [2.24, 2.45) is 0 Å². The number of aliphatic hydroxyl groups excluding tert-OH is 1. The van der Waals surface area contributed by atoms with E-state index < -0.39 is 0 Å². The zero-order chi connectivity index (χ0) is 12.4. The topological polar surface area (TPSA) is 69.8 Å². The van der Waals surface area contributed by atoms with Crippen LogP contribution in [0.5, 0.6) is 0 Å². The van der Waals surface area contributed by atoms with Gasteiger partial charge in [0.15, 0.2) is 5.69 Å². The SMILES string of the molecule is Cc1nsc(-c2ccc(Br)c(C#N)n2)c1CO. The van der Waals surface area contributed by atoms with E-state index in [9.17, 15) is 5.11 Å². The minimum absolute atomic E-state index is 0.0721. The maximum absolute atomic E-state index is 9.30. The van der Waals surface area contributed by atoms with Crippen molar-refractivity contribution >= 4 is 27.5 Å². The van der Waals surface area contributed by atoms with Crippen molar-refractivity contribution in [1.82, 2.24) is 9.36 Å². The standard InChI is InChI=1S/C11H8BrN3OS/c1-6-7(5-16)11(17-15-6)9-3-2-8(12)10(4-13)14-9/h2-3,16H,5H2,1H3. The van der Waals surface area contributed by atoms with Crippen LogP contribution in [-0.2, 0) is 6.61 Å². The molecule has 86 valence electrons. The molecule has 0 aromatic carbocycles. The number of pyridine rings is 1. The van der Waals surface area contributed by atoms with Gasteiger partial charge in [-0.25, -0.2) is 4.98 Å². The zero-order valence-electron chi connectivity index (χ0n) is 8.94. The Morgan fingerprint density at radius 3 is 2.94 bits per heavy atom. The highest BCUT2D eigenvalue weighted by Gasteiger charge is 2.14. The first-order valence-electron chi connectivity index (χ1n) is 4.80. The van der Waals surface area contributed by atoms with Crippen LogP contribution in [0.1, 0.15) is 17.0 Å². The average Bonchev–Trinajstić information content (AvgIpc) is 2.71. The number of hydrogen-bond acceptors (Lipinski definition) is 5. The Hall–Kier alpha value is -1.29. The van der Waals surface area contributed by atoms with Gasteiger partial charge >= 0.3 is 0 Å². The number of aryl methyl sites for hydroxylation is 1. The summed E-state index contributed by atoms with van der Waals surface area (Å²) in [5.41, 5.74) is 2.57. The first-order chi connectivity index (χ1) is 8.17. The van der Waals surface area contributed by atoms with Gasteiger partial charge in [-0.1, -0.05) is 0 Å². The minimum atomic E-state index is -0.0721. The van der Waals surface area contributed by atoms with E-state index in [-0.39, 0.29) is 6.61 Å². The lowest BCUT2D eigenvalue weighted by molar-refractivity contribution is 0.281. The van der Waals surface area contributed by atoms with Crippen LogP contribution in [0.4, 0.5) is 0 Å². The lowest BCUT2D eigenvalue weighted by Crippen LogP contribution is -1.92. The van der Waals surface area contributed by atoms with Crippen LogP contribution in [0.3, 0.4) is 0 Å². The first-order valence-corrected chi connectivity index (χ1v) is 6.37. The molecule has 0 radical (unpaired) electrons. The summed E-state index contributed by atoms with van der Waals surface area (Å²) >= 11 is 4.54. The van der Waals surface area contributed by atoms with Crippen molar-refractivity contribution in [3.63, 3.8) is 0 Å². The van der Waals surface area contributed by atoms with E-state index >= 15 is 0 Å². The van der Waals surface area contributed by atoms with Crippen molar-refractivity contribution in [2.75, 3.05) is 0 Å². The molecule has 1 N–H and O–H groups in total. The lowest BCUT2D eigenvalue weighted by atomic mass is 10.1. The largest absolute Gasteiger partial charge is 0.392 e. The molecule has 0 saturated heterocycles. The highest BCUT2D eigenvalue weighted by Crippen LogP contribution is 2.30. The third kappa shape index (κ3) is 2.22. The zero-order valence-corrected chi connectivity index (χ0v) is 11.3. The fourth-order valence-electron chi connectivity index (χ4n) is 1.42. The molecule has 0 amide bonds. The van der Waals surface area contributed by atoms with Crippen molar-refractivity contribution in [1.29, 1.82) is 5.26 Å². The van der Waals surface area contributed by atoms with Crippen LogP contribution in [0, 0.1) is 18.3 Å². The normalized spacial score (nSPS) is 10.2. The Labute approximate surface area is 111 Å². The molecule has 0 spiro atoms. The van der Waals surface area contributed by atoms with Gasteiger partial charge < -0.3 is 5.11 Å². The van der Waals surface area contributed by atoms with E-state index in [1.54, 1.807) is 12.1 Å². The molecular formula is C11H8BrN3OS. The third-order valence-corrected chi connectivity index (χ3v) is 3.97. The van der Waals surface area contributed by atoms with Crippen LogP contribution >= 0.6 is 27.5 Å². The van der Waals surface area contributed by atoms with Gasteiger partial charge in [0.25, 0.3) is 0 Å². The molecule has 0 aliphatic heterocycles. The van der Waals surface area contributed by atoms with Gasteiger partial charge in [-0.05, 0) is 46.5 Å². The number of nitrogens with zero attached hydrogens (tertiary/aromatic N) is 3. The van der Waals surface area contributed by atoms with Crippen LogP contribution in [0.2, 0.25) is 0 Å². The summed E-state index contributed by atoms with van der Waals surface area (Å²) in [6.45, 7) is 1.77. The van der Waals surface area contributed by atoms with Gasteiger partial charge in [0, 0.05) is 5.56 Å². The molecule has 6 heteroatoms. The molecule has 0 fully saturated rings. The second kappa shape index (κ2) is 4.92. The van der Waals surface area contributed by atoms with Crippen molar-refractivity contribution in [3.8, 4) is 16.6 Å². The maximum atomic E-state index is 9.30. The van der Waals surface area contributed by atoms with Crippen LogP contribution in [0.15, 0.2) is 16.6 Å². The van der Waals surface area contributed by atoms with Gasteiger partial charge in [-0.15, -0.1) is 0 Å². The molecule has 2 heterocycles. The number of aromatic nitrogens is 2. The molecule has 4 nitrogen and oxygen atoms in total. The molecule has 0 unspecified atom stereocenters. The Morgan fingerprint density at radius 1 is 1.53 bits per heavy atom. The fraction of sp³-hybridized carbons (Fsp3) is 0.182. The summed E-state index contributed by atoms with van der Waals surface area (Å²) in [6.07, 6.45) is 0. The van der Waals surface area contributed by atoms with E-state index in [1.807, 2.05) is 13.0 Å². The molecule has 2 aromatic heterocycles. The number of nitriles is 1. The summed E-state index contributed by atoms with van der Waals surface area (Å²) in [7, 11) is 0. The molecule has 0 bridgehead atoms. The minimum Gasteiger partial charge on any atom is -0.392 e. The highest BCUT2D eigenvalue weighted by molar-refractivity contribution is 9.10. The molecular weight excluding hydrogens is 302 g/mol. The second-order valence-corrected chi connectivity index (χ2v) is 5.00. The van der Waals surface area contributed by atoms with Crippen molar-refractivity contribution < 1.29 is 5.11 Å². The van der Waals surface area contributed by atoms with Gasteiger partial charge in [0.1, 0.15) is 6.07 Å². The molecule has 2 aromatic rings. The van der Waals surface area contributed by atoms with Crippen molar-refractivity contribution in [2.45, 2.75) is 13.5 Å². The molecule has 0 atom stereocenters. The van der Waals surface area contributed by atoms with E-state index in [1.165, 1.54) is 11.5 Å². The van der Waals surface area contributed by atoms with Crippen LogP contribution in [-0.4, -0.2) is 14.5 Å². The quantitative estimate of drug-likeness (QED) is 0.926. The van der Waals surface area contributed by atoms with Gasteiger partial charge in [-0.2, -0.15) is 9.64 Å². The summed E-state index contributed by atoms with van der Waals surface area (Å²) in [4.78, 5) is 5.05. The monoisotopic (exact) mass is 309 g/mol. The predicted molar refractivity (Wildman–Crippen MR) is 68.4 cm³/mol.